The molecule has 3 atom stereocenters. The number of hydrogen-bond donors (Lipinski definition) is 2. The molecule has 1 aliphatic carbocycles. The SMILES string of the molecule is CCC(CC)C(N)[C@@H]1C=C(C(=O)OC)C[C@H]1NC(=O)OC(C)(C)C. The number of nitrogens with one attached hydrogen (secondary N) is 1. The predicted molar refractivity (Wildman–Crippen MR) is 93.4 cm³/mol. The summed E-state index contributed by atoms with van der Waals surface area (Å²) in [6.07, 6.45) is 3.68. The first-order valence-corrected chi connectivity index (χ1v) is 8.67. The third kappa shape index (κ3) is 5.51. The fourth-order valence-electron chi connectivity index (χ4n) is 3.20. The monoisotopic (exact) mass is 340 g/mol. The number of methoxy groups -OCH3 is 1. The average molecular weight is 340 g/mol. The maximum atomic E-state index is 12.1. The fraction of sp³-hybridized carbons (Fsp3) is 0.778. The molecule has 1 aliphatic rings. The van der Waals surface area contributed by atoms with E-state index in [4.69, 9.17) is 15.2 Å². The number of ether oxygens (including phenoxy) is 2. The van der Waals surface area contributed by atoms with E-state index in [0.29, 0.717) is 17.9 Å². The van der Waals surface area contributed by atoms with Crippen LogP contribution in [-0.4, -0.2) is 36.9 Å². The maximum absolute atomic E-state index is 12.1. The summed E-state index contributed by atoms with van der Waals surface area (Å²) in [5.41, 5.74) is 6.44. The van der Waals surface area contributed by atoms with Gasteiger partial charge in [0.1, 0.15) is 5.60 Å². The van der Waals surface area contributed by atoms with Gasteiger partial charge in [-0.15, -0.1) is 0 Å². The van der Waals surface area contributed by atoms with Gasteiger partial charge >= 0.3 is 12.1 Å². The van der Waals surface area contributed by atoms with Crippen molar-refractivity contribution >= 4 is 12.1 Å². The number of esters is 1. The van der Waals surface area contributed by atoms with Crippen LogP contribution in [0.5, 0.6) is 0 Å². The van der Waals surface area contributed by atoms with Crippen molar-refractivity contribution < 1.29 is 19.1 Å². The smallest absolute Gasteiger partial charge is 0.407 e. The van der Waals surface area contributed by atoms with E-state index in [1.807, 2.05) is 26.8 Å². The lowest BCUT2D eigenvalue weighted by Gasteiger charge is -2.31. The van der Waals surface area contributed by atoms with E-state index >= 15 is 0 Å². The van der Waals surface area contributed by atoms with Crippen LogP contribution in [0.4, 0.5) is 4.79 Å². The summed E-state index contributed by atoms with van der Waals surface area (Å²) in [5.74, 6) is -0.159. The molecule has 1 rings (SSSR count). The lowest BCUT2D eigenvalue weighted by atomic mass is 9.83. The van der Waals surface area contributed by atoms with Crippen molar-refractivity contribution in [2.24, 2.45) is 17.6 Å². The highest BCUT2D eigenvalue weighted by Crippen LogP contribution is 2.32. The summed E-state index contributed by atoms with van der Waals surface area (Å²) in [4.78, 5) is 24.0. The first-order chi connectivity index (χ1) is 11.1. The lowest BCUT2D eigenvalue weighted by molar-refractivity contribution is -0.136. The van der Waals surface area contributed by atoms with Gasteiger partial charge in [-0.1, -0.05) is 32.8 Å². The first-order valence-electron chi connectivity index (χ1n) is 8.67. The fourth-order valence-corrected chi connectivity index (χ4v) is 3.20. The number of rotatable bonds is 6. The highest BCUT2D eigenvalue weighted by atomic mass is 16.6. The van der Waals surface area contributed by atoms with E-state index in [0.717, 1.165) is 12.8 Å². The summed E-state index contributed by atoms with van der Waals surface area (Å²) in [6.45, 7) is 9.64. The molecule has 0 fully saturated rings. The molecule has 0 radical (unpaired) electrons. The zero-order valence-corrected chi connectivity index (χ0v) is 15.7. The van der Waals surface area contributed by atoms with Gasteiger partial charge in [-0.25, -0.2) is 9.59 Å². The molecule has 0 aromatic heterocycles. The number of hydrogen-bond acceptors (Lipinski definition) is 5. The van der Waals surface area contributed by atoms with Crippen LogP contribution in [-0.2, 0) is 14.3 Å². The van der Waals surface area contributed by atoms with Crippen LogP contribution in [0.2, 0.25) is 0 Å². The molecule has 0 aliphatic heterocycles. The summed E-state index contributed by atoms with van der Waals surface area (Å²) in [5, 5.41) is 2.88. The van der Waals surface area contributed by atoms with Gasteiger partial charge in [-0.3, -0.25) is 0 Å². The van der Waals surface area contributed by atoms with Crippen molar-refractivity contribution in [3.05, 3.63) is 11.6 Å². The number of nitrogens with two attached hydrogens (primary N) is 1. The second-order valence-electron chi connectivity index (χ2n) is 7.37. The molecule has 0 saturated carbocycles. The zero-order chi connectivity index (χ0) is 18.5. The highest BCUT2D eigenvalue weighted by molar-refractivity contribution is 5.89. The Morgan fingerprint density at radius 3 is 2.38 bits per heavy atom. The Hall–Kier alpha value is -1.56. The van der Waals surface area contributed by atoms with Crippen LogP contribution in [0, 0.1) is 11.8 Å². The number of amides is 1. The van der Waals surface area contributed by atoms with Gasteiger partial charge in [0.2, 0.25) is 0 Å². The molecule has 6 nitrogen and oxygen atoms in total. The Labute approximate surface area is 145 Å². The third-order valence-electron chi connectivity index (χ3n) is 4.49. The standard InChI is InChI=1S/C18H32N2O4/c1-7-11(8-2)15(19)13-9-12(16(21)23-6)10-14(13)20-17(22)24-18(3,4)5/h9,11,13-15H,7-8,10,19H2,1-6H3,(H,20,22)/t13-,14-,15?/m1/s1. The van der Waals surface area contributed by atoms with Crippen molar-refractivity contribution in [1.82, 2.24) is 5.32 Å². The quantitative estimate of drug-likeness (QED) is 0.726. The number of carbonyl (C=O) groups is 2. The predicted octanol–water partition coefficient (Wildman–Crippen LogP) is 2.76. The minimum absolute atomic E-state index is 0.114. The molecule has 1 amide bonds. The average Bonchev–Trinajstić information content (AvgIpc) is 2.89. The van der Waals surface area contributed by atoms with Crippen LogP contribution in [0.3, 0.4) is 0 Å². The van der Waals surface area contributed by atoms with Crippen molar-refractivity contribution in [1.29, 1.82) is 0 Å². The topological polar surface area (TPSA) is 90.7 Å². The third-order valence-corrected chi connectivity index (χ3v) is 4.49. The van der Waals surface area contributed by atoms with Crippen molar-refractivity contribution in [3.63, 3.8) is 0 Å². The molecule has 0 spiro atoms. The zero-order valence-electron chi connectivity index (χ0n) is 15.7. The first kappa shape index (κ1) is 20.5. The van der Waals surface area contributed by atoms with Crippen molar-refractivity contribution in [2.75, 3.05) is 7.11 Å². The van der Waals surface area contributed by atoms with Crippen LogP contribution < -0.4 is 11.1 Å². The molecular weight excluding hydrogens is 308 g/mol. The molecule has 0 bridgehead atoms. The molecule has 138 valence electrons. The van der Waals surface area contributed by atoms with Crippen LogP contribution in [0.15, 0.2) is 11.6 Å². The summed E-state index contributed by atoms with van der Waals surface area (Å²) in [6, 6.07) is -0.397. The molecule has 6 heteroatoms. The summed E-state index contributed by atoms with van der Waals surface area (Å²) < 4.78 is 10.1. The van der Waals surface area contributed by atoms with Gasteiger partial charge < -0.3 is 20.5 Å². The van der Waals surface area contributed by atoms with Gasteiger partial charge in [0.25, 0.3) is 0 Å². The Balaban J connectivity index is 2.92. The Morgan fingerprint density at radius 1 is 1.33 bits per heavy atom. The van der Waals surface area contributed by atoms with Gasteiger partial charge in [-0.2, -0.15) is 0 Å². The minimum Gasteiger partial charge on any atom is -0.466 e. The van der Waals surface area contributed by atoms with Gasteiger partial charge in [-0.05, 0) is 26.7 Å². The van der Waals surface area contributed by atoms with E-state index in [9.17, 15) is 9.59 Å². The highest BCUT2D eigenvalue weighted by Gasteiger charge is 2.38. The van der Waals surface area contributed by atoms with Crippen LogP contribution in [0.25, 0.3) is 0 Å². The molecule has 0 saturated heterocycles. The van der Waals surface area contributed by atoms with E-state index in [-0.39, 0.29) is 24.0 Å². The van der Waals surface area contributed by atoms with E-state index in [1.165, 1.54) is 7.11 Å². The molecular formula is C18H32N2O4. The van der Waals surface area contributed by atoms with Gasteiger partial charge in [0, 0.05) is 30.0 Å². The van der Waals surface area contributed by atoms with E-state index < -0.39 is 11.7 Å². The molecule has 3 N–H and O–H groups in total. The van der Waals surface area contributed by atoms with Crippen LogP contribution in [0.1, 0.15) is 53.9 Å². The number of alkyl carbamates (subject to hydrolysis) is 1. The second kappa shape index (κ2) is 8.51. The maximum Gasteiger partial charge on any atom is 0.407 e. The summed E-state index contributed by atoms with van der Waals surface area (Å²) in [7, 11) is 1.35. The van der Waals surface area contributed by atoms with Crippen molar-refractivity contribution in [3.8, 4) is 0 Å². The molecule has 1 unspecified atom stereocenters. The lowest BCUT2D eigenvalue weighted by Crippen LogP contribution is -2.48. The summed E-state index contributed by atoms with van der Waals surface area (Å²) >= 11 is 0. The molecule has 0 aromatic carbocycles. The second-order valence-corrected chi connectivity index (χ2v) is 7.37. The van der Waals surface area contributed by atoms with E-state index in [1.54, 1.807) is 0 Å². The van der Waals surface area contributed by atoms with Gasteiger partial charge in [0.05, 0.1) is 7.11 Å². The molecule has 24 heavy (non-hydrogen) atoms. The Bertz CT molecular complexity index is 478. The largest absolute Gasteiger partial charge is 0.466 e. The van der Waals surface area contributed by atoms with E-state index in [2.05, 4.69) is 19.2 Å². The number of carbonyl (C=O) groups excluding carboxylic acids is 2. The Morgan fingerprint density at radius 2 is 1.92 bits per heavy atom. The Kier molecular flexibility index (Phi) is 7.27. The van der Waals surface area contributed by atoms with Crippen LogP contribution >= 0.6 is 0 Å². The molecule has 0 aromatic rings. The normalized spacial score (nSPS) is 22.1. The van der Waals surface area contributed by atoms with Crippen molar-refractivity contribution in [2.45, 2.75) is 71.6 Å². The molecule has 0 heterocycles. The minimum atomic E-state index is -0.575. The van der Waals surface area contributed by atoms with Gasteiger partial charge in [0.15, 0.2) is 0 Å².